The Balaban J connectivity index is 1.40. The predicted octanol–water partition coefficient (Wildman–Crippen LogP) is 5.53. The van der Waals surface area contributed by atoms with E-state index in [1.54, 1.807) is 42.1 Å². The third kappa shape index (κ3) is 5.17. The lowest BCUT2D eigenvalue weighted by Crippen LogP contribution is -2.43. The number of amides is 1. The smallest absolute Gasteiger partial charge is 0.265 e. The Kier molecular flexibility index (Phi) is 7.24. The highest BCUT2D eigenvalue weighted by Crippen LogP contribution is 2.43. The van der Waals surface area contributed by atoms with Crippen LogP contribution in [0.3, 0.4) is 0 Å². The molecule has 33 heavy (non-hydrogen) atoms. The number of anilines is 1. The van der Waals surface area contributed by atoms with Crippen molar-refractivity contribution in [1.82, 2.24) is 5.32 Å². The monoisotopic (exact) mass is 520 g/mol. The van der Waals surface area contributed by atoms with Gasteiger partial charge in [0.2, 0.25) is 5.91 Å². The van der Waals surface area contributed by atoms with Crippen LogP contribution in [0.15, 0.2) is 65.6 Å². The lowest BCUT2D eigenvalue weighted by molar-refractivity contribution is -0.119. The second-order valence-corrected chi connectivity index (χ2v) is 11.4. The molecule has 0 radical (unpaired) electrons. The summed E-state index contributed by atoms with van der Waals surface area (Å²) in [6, 6.07) is 18.0. The molecule has 0 saturated carbocycles. The van der Waals surface area contributed by atoms with Gasteiger partial charge >= 0.3 is 0 Å². The van der Waals surface area contributed by atoms with Gasteiger partial charge in [-0.15, -0.1) is 0 Å². The highest BCUT2D eigenvalue weighted by Gasteiger charge is 2.35. The van der Waals surface area contributed by atoms with E-state index in [2.05, 4.69) is 5.32 Å². The van der Waals surface area contributed by atoms with Crippen molar-refractivity contribution in [3.05, 3.63) is 81.8 Å². The van der Waals surface area contributed by atoms with E-state index < -0.39 is 10.0 Å². The number of benzene rings is 3. The Morgan fingerprint density at radius 2 is 1.79 bits per heavy atom. The van der Waals surface area contributed by atoms with E-state index in [-0.39, 0.29) is 17.3 Å². The van der Waals surface area contributed by atoms with Gasteiger partial charge in [-0.05, 0) is 42.8 Å². The van der Waals surface area contributed by atoms with E-state index >= 15 is 0 Å². The zero-order valence-corrected chi connectivity index (χ0v) is 21.0. The highest BCUT2D eigenvalue weighted by molar-refractivity contribution is 7.98. The number of aryl methyl sites for hydroxylation is 1. The summed E-state index contributed by atoms with van der Waals surface area (Å²) >= 11 is 13.6. The fourth-order valence-electron chi connectivity index (χ4n) is 3.68. The molecule has 0 fully saturated rings. The number of sulfonamides is 1. The van der Waals surface area contributed by atoms with Gasteiger partial charge in [0, 0.05) is 29.2 Å². The SMILES string of the molecule is Cc1ccc2c(c1)-c1ccccc1S(=O)(=O)N2CC(=O)NCCSCc1ccc(Cl)c(Cl)c1. The van der Waals surface area contributed by atoms with E-state index in [0.29, 0.717) is 33.6 Å². The Bertz CT molecular complexity index is 1310. The average molecular weight is 521 g/mol. The van der Waals surface area contributed by atoms with Crippen molar-refractivity contribution < 1.29 is 13.2 Å². The van der Waals surface area contributed by atoms with Gasteiger partial charge in [-0.1, -0.05) is 59.1 Å². The van der Waals surface area contributed by atoms with E-state index in [1.165, 1.54) is 4.31 Å². The summed E-state index contributed by atoms with van der Waals surface area (Å²) in [4.78, 5) is 12.9. The van der Waals surface area contributed by atoms with Crippen LogP contribution in [0.2, 0.25) is 10.0 Å². The molecule has 0 spiro atoms. The molecule has 4 rings (SSSR count). The van der Waals surface area contributed by atoms with E-state index in [1.807, 2.05) is 37.3 Å². The predicted molar refractivity (Wildman–Crippen MR) is 137 cm³/mol. The van der Waals surface area contributed by atoms with Crippen molar-refractivity contribution in [3.8, 4) is 11.1 Å². The number of hydrogen-bond donors (Lipinski definition) is 1. The fourth-order valence-corrected chi connectivity index (χ4v) is 6.46. The minimum Gasteiger partial charge on any atom is -0.354 e. The Morgan fingerprint density at radius 1 is 1.00 bits per heavy atom. The number of carbonyl (C=O) groups excluding carboxylic acids is 1. The van der Waals surface area contributed by atoms with Crippen LogP contribution in [0.5, 0.6) is 0 Å². The molecular formula is C24H22Cl2N2O3S2. The summed E-state index contributed by atoms with van der Waals surface area (Å²) in [5.74, 6) is 1.06. The molecule has 0 atom stereocenters. The molecular weight excluding hydrogens is 499 g/mol. The number of hydrogen-bond acceptors (Lipinski definition) is 4. The first-order valence-electron chi connectivity index (χ1n) is 10.3. The molecule has 0 unspecified atom stereocenters. The molecule has 3 aromatic rings. The molecule has 172 valence electrons. The van der Waals surface area contributed by atoms with Crippen molar-refractivity contribution >= 4 is 56.6 Å². The lowest BCUT2D eigenvalue weighted by atomic mass is 10.0. The normalized spacial score (nSPS) is 13.8. The zero-order valence-electron chi connectivity index (χ0n) is 17.8. The summed E-state index contributed by atoms with van der Waals surface area (Å²) in [5, 5.41) is 3.86. The van der Waals surface area contributed by atoms with E-state index in [0.717, 1.165) is 22.4 Å². The van der Waals surface area contributed by atoms with Crippen LogP contribution in [0.25, 0.3) is 11.1 Å². The molecule has 5 nitrogen and oxygen atoms in total. The van der Waals surface area contributed by atoms with Crippen LogP contribution in [0.1, 0.15) is 11.1 Å². The molecule has 1 amide bonds. The number of nitrogens with one attached hydrogen (secondary N) is 1. The molecule has 0 aliphatic carbocycles. The van der Waals surface area contributed by atoms with Crippen LogP contribution in [-0.2, 0) is 20.6 Å². The van der Waals surface area contributed by atoms with Crippen molar-refractivity contribution in [3.63, 3.8) is 0 Å². The molecule has 0 aromatic heterocycles. The maximum absolute atomic E-state index is 13.3. The largest absolute Gasteiger partial charge is 0.354 e. The van der Waals surface area contributed by atoms with Gasteiger partial charge in [-0.25, -0.2) is 8.42 Å². The van der Waals surface area contributed by atoms with Gasteiger partial charge in [-0.3, -0.25) is 9.10 Å². The molecule has 9 heteroatoms. The highest BCUT2D eigenvalue weighted by atomic mass is 35.5. The van der Waals surface area contributed by atoms with E-state index in [4.69, 9.17) is 23.2 Å². The molecule has 1 aliphatic rings. The van der Waals surface area contributed by atoms with Gasteiger partial charge < -0.3 is 5.32 Å². The van der Waals surface area contributed by atoms with Crippen molar-refractivity contribution in [2.45, 2.75) is 17.6 Å². The first-order valence-corrected chi connectivity index (χ1v) is 13.6. The minimum absolute atomic E-state index is 0.216. The fraction of sp³-hybridized carbons (Fsp3) is 0.208. The number of fused-ring (bicyclic) bond motifs is 3. The van der Waals surface area contributed by atoms with E-state index in [9.17, 15) is 13.2 Å². The maximum Gasteiger partial charge on any atom is 0.265 e. The van der Waals surface area contributed by atoms with Crippen LogP contribution < -0.4 is 9.62 Å². The molecule has 3 aromatic carbocycles. The van der Waals surface area contributed by atoms with Gasteiger partial charge in [0.1, 0.15) is 6.54 Å². The van der Waals surface area contributed by atoms with Crippen LogP contribution in [0.4, 0.5) is 5.69 Å². The van der Waals surface area contributed by atoms with Crippen molar-refractivity contribution in [2.75, 3.05) is 23.1 Å². The van der Waals surface area contributed by atoms with Gasteiger partial charge in [0.05, 0.1) is 20.6 Å². The van der Waals surface area contributed by atoms with Crippen LogP contribution >= 0.6 is 35.0 Å². The molecule has 0 saturated heterocycles. The van der Waals surface area contributed by atoms with Crippen molar-refractivity contribution in [2.24, 2.45) is 0 Å². The molecule has 1 aliphatic heterocycles. The number of carbonyl (C=O) groups is 1. The first-order chi connectivity index (χ1) is 15.8. The average Bonchev–Trinajstić information content (AvgIpc) is 2.79. The topological polar surface area (TPSA) is 66.5 Å². The van der Waals surface area contributed by atoms with Crippen molar-refractivity contribution in [1.29, 1.82) is 0 Å². The summed E-state index contributed by atoms with van der Waals surface area (Å²) in [6.07, 6.45) is 0. The number of nitrogens with zero attached hydrogens (tertiary/aromatic N) is 1. The minimum atomic E-state index is -3.84. The summed E-state index contributed by atoms with van der Waals surface area (Å²) in [6.45, 7) is 2.11. The number of halogens is 2. The first kappa shape index (κ1) is 24.0. The zero-order chi connectivity index (χ0) is 23.6. The summed E-state index contributed by atoms with van der Waals surface area (Å²) < 4.78 is 27.8. The summed E-state index contributed by atoms with van der Waals surface area (Å²) in [7, 11) is -3.84. The Hall–Kier alpha value is -2.19. The molecule has 0 bridgehead atoms. The summed E-state index contributed by atoms with van der Waals surface area (Å²) in [5.41, 5.74) is 4.05. The number of thioether (sulfide) groups is 1. The van der Waals surface area contributed by atoms with Gasteiger partial charge in [-0.2, -0.15) is 11.8 Å². The maximum atomic E-state index is 13.3. The molecule has 1 heterocycles. The Labute approximate surface area is 208 Å². The van der Waals surface area contributed by atoms with Crippen LogP contribution in [-0.4, -0.2) is 33.2 Å². The third-order valence-electron chi connectivity index (χ3n) is 5.27. The third-order valence-corrected chi connectivity index (χ3v) is 8.86. The Morgan fingerprint density at radius 3 is 2.58 bits per heavy atom. The quantitative estimate of drug-likeness (QED) is 0.416. The second-order valence-electron chi connectivity index (χ2n) is 7.68. The van der Waals surface area contributed by atoms with Crippen LogP contribution in [0, 0.1) is 6.92 Å². The molecule has 1 N–H and O–H groups in total. The standard InChI is InChI=1S/C24H22Cl2N2O3S2/c1-16-6-9-22-19(12-16)18-4-2-3-5-23(18)33(30,31)28(22)14-24(29)27-10-11-32-15-17-7-8-20(25)21(26)13-17/h2-9,12-13H,10-11,14-15H2,1H3,(H,27,29). The lowest BCUT2D eigenvalue weighted by Gasteiger charge is -2.31. The second kappa shape index (κ2) is 9.97. The van der Waals surface area contributed by atoms with Gasteiger partial charge in [0.25, 0.3) is 10.0 Å². The van der Waals surface area contributed by atoms with Gasteiger partial charge in [0.15, 0.2) is 0 Å². The number of rotatable bonds is 7.